The third kappa shape index (κ3) is 19.9. The molecule has 88 heavy (non-hydrogen) atoms. The Morgan fingerprint density at radius 3 is 1.35 bits per heavy atom. The lowest BCUT2D eigenvalue weighted by molar-refractivity contribution is 0.0167. The molecule has 0 amide bonds. The van der Waals surface area contributed by atoms with Crippen LogP contribution in [0.4, 0.5) is 0 Å². The second-order valence-corrected chi connectivity index (χ2v) is 29.6. The van der Waals surface area contributed by atoms with Crippen molar-refractivity contribution in [2.24, 2.45) is 5.92 Å². The van der Waals surface area contributed by atoms with Gasteiger partial charge in [-0.25, -0.2) is 52.6 Å². The van der Waals surface area contributed by atoms with Crippen LogP contribution in [0.3, 0.4) is 0 Å². The summed E-state index contributed by atoms with van der Waals surface area (Å²) in [5.74, 6) is -0.150. The maximum absolute atomic E-state index is 13.2. The first-order valence-electron chi connectivity index (χ1n) is 28.3. The molecule has 0 radical (unpaired) electrons. The van der Waals surface area contributed by atoms with E-state index in [2.05, 4.69) is 28.7 Å². The van der Waals surface area contributed by atoms with Crippen molar-refractivity contribution >= 4 is 92.1 Å². The Morgan fingerprint density at radius 2 is 0.864 bits per heavy atom. The van der Waals surface area contributed by atoms with Crippen LogP contribution in [0.2, 0.25) is 10.0 Å². The zero-order valence-corrected chi connectivity index (χ0v) is 54.9. The molecule has 0 aromatic heterocycles. The van der Waals surface area contributed by atoms with Crippen molar-refractivity contribution in [3.05, 3.63) is 169 Å². The average Bonchev–Trinajstić information content (AvgIpc) is 0.961. The van der Waals surface area contributed by atoms with Gasteiger partial charge in [-0.1, -0.05) is 94.9 Å². The third-order valence-electron chi connectivity index (χ3n) is 14.4. The van der Waals surface area contributed by atoms with E-state index >= 15 is 0 Å². The number of benzene rings is 5. The lowest BCUT2D eigenvalue weighted by Gasteiger charge is -2.35. The number of likely N-dealkylation sites (N-methyl/N-ethyl adjacent to an activating group) is 2. The molecule has 8 rings (SSSR count). The average molecular weight is 1370 g/mol. The topological polar surface area (TPSA) is 247 Å². The fourth-order valence-electron chi connectivity index (χ4n) is 10.1. The third-order valence-corrected chi connectivity index (χ3v) is 21.4. The molecular formula is C60H72Cl4N6O14S4. The maximum Gasteiger partial charge on any atom is 0.240 e. The van der Waals surface area contributed by atoms with Crippen molar-refractivity contribution in [1.29, 1.82) is 0 Å². The van der Waals surface area contributed by atoms with Crippen LogP contribution in [-0.2, 0) is 75.1 Å². The van der Waals surface area contributed by atoms with Crippen LogP contribution < -0.4 is 18.9 Å². The maximum atomic E-state index is 13.2. The first kappa shape index (κ1) is 69.7. The SMILES string of the molecule is CN1CC(c2cccc(S(=O)(=O)NCCOCCOCCOCCNS(=O)(=O)c3ccc(-c4ccc(S(=O)(=O)NCCOCCOCCOCCNS(=O)(=O)c5cccc(C6CN(C)Cc7c(Cl)cc(Cl)cc76)c5)cc4)cc3)c2)=C2C=C(Cl)C=C(Cl)C2C1. The number of ether oxygens (including phenoxy) is 6. The summed E-state index contributed by atoms with van der Waals surface area (Å²) in [6.07, 6.45) is 3.64. The minimum atomic E-state index is -3.85. The molecule has 2 aliphatic heterocycles. The first-order chi connectivity index (χ1) is 42.1. The molecule has 1 aliphatic carbocycles. The summed E-state index contributed by atoms with van der Waals surface area (Å²) in [4.78, 5) is 4.64. The van der Waals surface area contributed by atoms with Crippen molar-refractivity contribution < 1.29 is 62.1 Å². The molecule has 4 N–H and O–H groups in total. The molecule has 0 saturated heterocycles. The zero-order chi connectivity index (χ0) is 62.9. The lowest BCUT2D eigenvalue weighted by Crippen LogP contribution is -2.34. The summed E-state index contributed by atoms with van der Waals surface area (Å²) in [6.45, 7) is 5.12. The number of halogens is 4. The number of sulfonamides is 4. The van der Waals surface area contributed by atoms with Crippen LogP contribution in [0.15, 0.2) is 157 Å². The summed E-state index contributed by atoms with van der Waals surface area (Å²) in [7, 11) is -11.4. The van der Waals surface area contributed by atoms with Crippen molar-refractivity contribution in [3.8, 4) is 11.1 Å². The van der Waals surface area contributed by atoms with Crippen LogP contribution in [0.1, 0.15) is 28.2 Å². The van der Waals surface area contributed by atoms with Gasteiger partial charge < -0.3 is 38.2 Å². The number of nitrogens with zero attached hydrogens (tertiary/aromatic N) is 2. The van der Waals surface area contributed by atoms with E-state index in [9.17, 15) is 33.7 Å². The van der Waals surface area contributed by atoms with E-state index in [0.29, 0.717) is 50.9 Å². The molecule has 0 fully saturated rings. The molecule has 0 bridgehead atoms. The largest absolute Gasteiger partial charge is 0.378 e. The minimum absolute atomic E-state index is 0.0193. The van der Waals surface area contributed by atoms with Gasteiger partial charge in [0.1, 0.15) is 0 Å². The second-order valence-electron chi connectivity index (χ2n) is 20.9. The predicted molar refractivity (Wildman–Crippen MR) is 341 cm³/mol. The van der Waals surface area contributed by atoms with E-state index in [0.717, 1.165) is 39.9 Å². The Balaban J connectivity index is 0.625. The Bertz CT molecular complexity index is 3750. The van der Waals surface area contributed by atoms with Crippen LogP contribution in [0, 0.1) is 5.92 Å². The molecule has 2 atom stereocenters. The van der Waals surface area contributed by atoms with Gasteiger partial charge in [0.25, 0.3) is 0 Å². The second kappa shape index (κ2) is 32.9. The molecule has 5 aromatic carbocycles. The fourth-order valence-corrected chi connectivity index (χ4v) is 15.4. The molecule has 478 valence electrons. The molecular weight excluding hydrogens is 1300 g/mol. The highest BCUT2D eigenvalue weighted by atomic mass is 35.5. The van der Waals surface area contributed by atoms with Gasteiger partial charge in [0.2, 0.25) is 40.1 Å². The van der Waals surface area contributed by atoms with Crippen molar-refractivity contribution in [1.82, 2.24) is 28.7 Å². The highest BCUT2D eigenvalue weighted by molar-refractivity contribution is 7.90. The minimum Gasteiger partial charge on any atom is -0.378 e. The van der Waals surface area contributed by atoms with Gasteiger partial charge >= 0.3 is 0 Å². The molecule has 0 saturated carbocycles. The summed E-state index contributed by atoms with van der Waals surface area (Å²) >= 11 is 25.8. The summed E-state index contributed by atoms with van der Waals surface area (Å²) in [5.41, 5.74) is 6.88. The molecule has 3 aliphatic rings. The Hall–Kier alpha value is -4.20. The Morgan fingerprint density at radius 1 is 0.443 bits per heavy atom. The van der Waals surface area contributed by atoms with E-state index in [1.165, 1.54) is 24.3 Å². The van der Waals surface area contributed by atoms with Crippen LogP contribution >= 0.6 is 46.4 Å². The van der Waals surface area contributed by atoms with Gasteiger partial charge in [-0.3, -0.25) is 0 Å². The lowest BCUT2D eigenvalue weighted by atomic mass is 9.84. The van der Waals surface area contributed by atoms with Crippen LogP contribution in [0.25, 0.3) is 16.7 Å². The van der Waals surface area contributed by atoms with Gasteiger partial charge in [0, 0.05) is 84.3 Å². The smallest absolute Gasteiger partial charge is 0.240 e. The van der Waals surface area contributed by atoms with E-state index in [1.807, 2.05) is 38.4 Å². The van der Waals surface area contributed by atoms with Crippen molar-refractivity contribution in [2.45, 2.75) is 32.0 Å². The number of hydrogen-bond donors (Lipinski definition) is 4. The highest BCUT2D eigenvalue weighted by Gasteiger charge is 2.32. The van der Waals surface area contributed by atoms with Gasteiger partial charge in [-0.2, -0.15) is 0 Å². The van der Waals surface area contributed by atoms with Crippen LogP contribution in [-0.4, -0.2) is 183 Å². The molecule has 5 aromatic rings. The van der Waals surface area contributed by atoms with E-state index < -0.39 is 40.1 Å². The molecule has 0 spiro atoms. The molecule has 20 nitrogen and oxygen atoms in total. The van der Waals surface area contributed by atoms with Gasteiger partial charge in [0.05, 0.1) is 98.9 Å². The van der Waals surface area contributed by atoms with E-state index in [1.54, 1.807) is 72.8 Å². The molecule has 2 unspecified atom stereocenters. The van der Waals surface area contributed by atoms with Crippen molar-refractivity contribution in [3.63, 3.8) is 0 Å². The zero-order valence-electron chi connectivity index (χ0n) is 48.6. The van der Waals surface area contributed by atoms with Gasteiger partial charge in [0.15, 0.2) is 0 Å². The predicted octanol–water partition coefficient (Wildman–Crippen LogP) is 7.43. The normalized spacial score (nSPS) is 17.0. The Labute approximate surface area is 536 Å². The van der Waals surface area contributed by atoms with E-state index in [-0.39, 0.29) is 137 Å². The van der Waals surface area contributed by atoms with E-state index in [4.69, 9.17) is 74.8 Å². The Kier molecular flexibility index (Phi) is 26.0. The number of hydrogen-bond acceptors (Lipinski definition) is 16. The van der Waals surface area contributed by atoms with Gasteiger partial charge in [-0.05, 0) is 131 Å². The number of allylic oxidation sites excluding steroid dienone is 3. The summed E-state index contributed by atoms with van der Waals surface area (Å²) < 4.78 is 148. The number of nitrogens with one attached hydrogen (secondary N) is 4. The van der Waals surface area contributed by atoms with Gasteiger partial charge in [-0.15, -0.1) is 0 Å². The first-order valence-corrected chi connectivity index (χ1v) is 35.7. The quantitative estimate of drug-likeness (QED) is 0.0288. The monoisotopic (exact) mass is 1370 g/mol. The number of fused-ring (bicyclic) bond motifs is 2. The summed E-state index contributed by atoms with van der Waals surface area (Å²) in [6, 6.07) is 29.6. The van der Waals surface area contributed by atoms with Crippen molar-refractivity contribution in [2.75, 3.05) is 139 Å². The summed E-state index contributed by atoms with van der Waals surface area (Å²) in [5, 5.41) is 2.29. The molecule has 2 heterocycles. The standard InChI is InChI=1S/C60H72Cl4N6O14S4/c1-69-39-55(53-35-47(61)37-59(63)57(53)41-69)45-5-3-7-51(33-45)87(75,76)67-19-23-81-27-31-83-29-25-79-21-17-65-85(71,72)49-13-9-43(10-14-49)44-11-15-50(16-12-44)86(73,74)66-18-22-80-26-30-84-32-28-82-24-20-68-88(77,78)52-8-4-6-46(34-52)56-40-70(2)42-58-54(56)36-48(62)38-60(58)64/h3-16,33-38,55,58,65-68H,17-32,39-42H2,1-2H3. The fraction of sp³-hybridized carbons (Fsp3) is 0.400. The number of rotatable bonds is 35. The molecule has 28 heteroatoms. The highest BCUT2D eigenvalue weighted by Crippen LogP contribution is 2.42. The van der Waals surface area contributed by atoms with Crippen LogP contribution in [0.5, 0.6) is 0 Å².